The van der Waals surface area contributed by atoms with Crippen LogP contribution in [-0.4, -0.2) is 51.3 Å². The van der Waals surface area contributed by atoms with Gasteiger partial charge >= 0.3 is 0 Å². The lowest BCUT2D eigenvalue weighted by Crippen LogP contribution is -2.17. The molecule has 3 heterocycles. The van der Waals surface area contributed by atoms with E-state index < -0.39 is 0 Å². The maximum atomic E-state index is 10.5. The van der Waals surface area contributed by atoms with Crippen LogP contribution in [0.2, 0.25) is 0 Å². The molecular weight excluding hydrogens is 474 g/mol. The number of aromatic nitrogens is 3. The molecule has 0 bridgehead atoms. The standard InChI is InChI=1S/C29H29N5O2.C2H6/c35-24-13-14-25(26(36)19-24)29-31-27(20-5-9-22(10-6-20)33-15-1-2-16-33)30-28(32-29)21-7-11-23(12-8-21)34-17-3-4-18-34;1-2/h5-14,19,35-36H,1-4,15-18H2;1-2H3. The van der Waals surface area contributed by atoms with E-state index in [9.17, 15) is 10.2 Å². The molecule has 7 heteroatoms. The fourth-order valence-corrected chi connectivity index (χ4v) is 5.06. The molecule has 2 aliphatic heterocycles. The van der Waals surface area contributed by atoms with Crippen LogP contribution in [0.4, 0.5) is 11.4 Å². The highest BCUT2D eigenvalue weighted by molar-refractivity contribution is 5.71. The van der Waals surface area contributed by atoms with Gasteiger partial charge in [0.1, 0.15) is 11.5 Å². The monoisotopic (exact) mass is 509 g/mol. The summed E-state index contributed by atoms with van der Waals surface area (Å²) < 4.78 is 0. The zero-order valence-corrected chi connectivity index (χ0v) is 22.1. The predicted molar refractivity (Wildman–Crippen MR) is 154 cm³/mol. The van der Waals surface area contributed by atoms with Crippen LogP contribution >= 0.6 is 0 Å². The molecular formula is C31H35N5O2. The van der Waals surface area contributed by atoms with Crippen molar-refractivity contribution in [2.24, 2.45) is 0 Å². The molecule has 196 valence electrons. The number of aromatic hydroxyl groups is 2. The van der Waals surface area contributed by atoms with E-state index in [4.69, 9.17) is 15.0 Å². The number of benzene rings is 3. The first-order chi connectivity index (χ1) is 18.6. The molecule has 0 radical (unpaired) electrons. The van der Waals surface area contributed by atoms with E-state index in [2.05, 4.69) is 34.1 Å². The van der Waals surface area contributed by atoms with Crippen molar-refractivity contribution in [3.05, 3.63) is 66.7 Å². The maximum Gasteiger partial charge on any atom is 0.167 e. The summed E-state index contributed by atoms with van der Waals surface area (Å²) in [6.45, 7) is 8.36. The number of hydrogen-bond acceptors (Lipinski definition) is 7. The molecule has 2 N–H and O–H groups in total. The van der Waals surface area contributed by atoms with E-state index in [-0.39, 0.29) is 11.5 Å². The lowest BCUT2D eigenvalue weighted by Gasteiger charge is -2.18. The third-order valence-electron chi connectivity index (χ3n) is 7.05. The highest BCUT2D eigenvalue weighted by Gasteiger charge is 2.17. The third kappa shape index (κ3) is 5.42. The van der Waals surface area contributed by atoms with Crippen LogP contribution in [0.15, 0.2) is 66.7 Å². The Hall–Kier alpha value is -4.13. The average Bonchev–Trinajstić information content (AvgIpc) is 3.70. The van der Waals surface area contributed by atoms with Gasteiger partial charge in [-0.25, -0.2) is 15.0 Å². The third-order valence-corrected chi connectivity index (χ3v) is 7.05. The first-order valence-corrected chi connectivity index (χ1v) is 13.6. The summed E-state index contributed by atoms with van der Waals surface area (Å²) in [4.78, 5) is 19.0. The summed E-state index contributed by atoms with van der Waals surface area (Å²) in [7, 11) is 0. The second-order valence-corrected chi connectivity index (χ2v) is 9.49. The normalized spacial score (nSPS) is 14.9. The van der Waals surface area contributed by atoms with Crippen molar-refractivity contribution in [3.63, 3.8) is 0 Å². The van der Waals surface area contributed by atoms with E-state index >= 15 is 0 Å². The molecule has 7 nitrogen and oxygen atoms in total. The number of anilines is 2. The lowest BCUT2D eigenvalue weighted by molar-refractivity contribution is 0.451. The SMILES string of the molecule is CC.Oc1ccc(-c2nc(-c3ccc(N4CCCC4)cc3)nc(-c3ccc(N4CCCC4)cc3)n2)c(O)c1. The number of nitrogens with zero attached hydrogens (tertiary/aromatic N) is 5. The number of hydrogen-bond donors (Lipinski definition) is 2. The largest absolute Gasteiger partial charge is 0.508 e. The zero-order chi connectivity index (χ0) is 26.5. The fraction of sp³-hybridized carbons (Fsp3) is 0.323. The van der Waals surface area contributed by atoms with Crippen LogP contribution in [0.3, 0.4) is 0 Å². The topological polar surface area (TPSA) is 85.6 Å². The van der Waals surface area contributed by atoms with Crippen molar-refractivity contribution in [3.8, 4) is 45.7 Å². The van der Waals surface area contributed by atoms with Gasteiger partial charge in [-0.15, -0.1) is 0 Å². The van der Waals surface area contributed by atoms with Crippen LogP contribution < -0.4 is 9.80 Å². The molecule has 1 aromatic heterocycles. The molecule has 4 aromatic rings. The second kappa shape index (κ2) is 11.5. The molecule has 38 heavy (non-hydrogen) atoms. The van der Waals surface area contributed by atoms with Crippen molar-refractivity contribution in [1.29, 1.82) is 0 Å². The summed E-state index contributed by atoms with van der Waals surface area (Å²) in [5.74, 6) is 1.35. The summed E-state index contributed by atoms with van der Waals surface area (Å²) in [6, 6.07) is 21.1. The highest BCUT2D eigenvalue weighted by atomic mass is 16.3. The second-order valence-electron chi connectivity index (χ2n) is 9.49. The van der Waals surface area contributed by atoms with Crippen molar-refractivity contribution in [1.82, 2.24) is 15.0 Å². The Kier molecular flexibility index (Phi) is 7.73. The maximum absolute atomic E-state index is 10.5. The van der Waals surface area contributed by atoms with Crippen molar-refractivity contribution in [2.75, 3.05) is 36.0 Å². The number of rotatable bonds is 5. The summed E-state index contributed by atoms with van der Waals surface area (Å²) >= 11 is 0. The Morgan fingerprint density at radius 2 is 0.974 bits per heavy atom. The molecule has 3 aromatic carbocycles. The van der Waals surface area contributed by atoms with Crippen LogP contribution in [0, 0.1) is 0 Å². The quantitative estimate of drug-likeness (QED) is 0.317. The van der Waals surface area contributed by atoms with Gasteiger partial charge in [-0.1, -0.05) is 13.8 Å². The van der Waals surface area contributed by atoms with Gasteiger partial charge in [0.05, 0.1) is 5.56 Å². The molecule has 0 aliphatic carbocycles. The van der Waals surface area contributed by atoms with Crippen molar-refractivity contribution in [2.45, 2.75) is 39.5 Å². The van der Waals surface area contributed by atoms with Gasteiger partial charge in [-0.05, 0) is 86.3 Å². The van der Waals surface area contributed by atoms with Gasteiger partial charge in [0, 0.05) is 54.7 Å². The smallest absolute Gasteiger partial charge is 0.167 e. The molecule has 0 unspecified atom stereocenters. The Morgan fingerprint density at radius 1 is 0.553 bits per heavy atom. The molecule has 0 atom stereocenters. The molecule has 2 aliphatic rings. The molecule has 0 saturated carbocycles. The van der Waals surface area contributed by atoms with Crippen LogP contribution in [-0.2, 0) is 0 Å². The van der Waals surface area contributed by atoms with Crippen LogP contribution in [0.5, 0.6) is 11.5 Å². The number of phenols is 2. The molecule has 2 saturated heterocycles. The summed E-state index contributed by atoms with van der Waals surface area (Å²) in [5.41, 5.74) is 4.63. The van der Waals surface area contributed by atoms with Crippen molar-refractivity contribution < 1.29 is 10.2 Å². The highest BCUT2D eigenvalue weighted by Crippen LogP contribution is 2.33. The minimum atomic E-state index is -0.0770. The fourth-order valence-electron chi connectivity index (χ4n) is 5.06. The van der Waals surface area contributed by atoms with Crippen molar-refractivity contribution >= 4 is 11.4 Å². The summed E-state index contributed by atoms with van der Waals surface area (Å²) in [5, 5.41) is 20.3. The first-order valence-electron chi connectivity index (χ1n) is 13.6. The molecule has 0 amide bonds. The molecule has 2 fully saturated rings. The molecule has 6 rings (SSSR count). The Bertz CT molecular complexity index is 1280. The predicted octanol–water partition coefficient (Wildman–Crippen LogP) is 6.51. The van der Waals surface area contributed by atoms with Gasteiger partial charge in [-0.2, -0.15) is 0 Å². The Labute approximate surface area is 224 Å². The number of phenolic OH excluding ortho intramolecular Hbond substituents is 2. The lowest BCUT2D eigenvalue weighted by atomic mass is 10.1. The van der Waals surface area contributed by atoms with E-state index in [0.29, 0.717) is 23.0 Å². The van der Waals surface area contributed by atoms with Crippen LogP contribution in [0.1, 0.15) is 39.5 Å². The van der Waals surface area contributed by atoms with E-state index in [1.807, 2.05) is 38.1 Å². The van der Waals surface area contributed by atoms with Gasteiger partial charge in [0.25, 0.3) is 0 Å². The minimum absolute atomic E-state index is 0.0132. The Balaban J connectivity index is 0.00000144. The van der Waals surface area contributed by atoms with Gasteiger partial charge in [0.2, 0.25) is 0 Å². The van der Waals surface area contributed by atoms with Gasteiger partial charge < -0.3 is 20.0 Å². The minimum Gasteiger partial charge on any atom is -0.508 e. The van der Waals surface area contributed by atoms with E-state index in [0.717, 1.165) is 37.3 Å². The van der Waals surface area contributed by atoms with Gasteiger partial charge in [-0.3, -0.25) is 0 Å². The Morgan fingerprint density at radius 3 is 1.39 bits per heavy atom. The van der Waals surface area contributed by atoms with E-state index in [1.54, 1.807) is 6.07 Å². The zero-order valence-electron chi connectivity index (χ0n) is 22.1. The molecule has 0 spiro atoms. The van der Waals surface area contributed by atoms with E-state index in [1.165, 1.54) is 49.2 Å². The average molecular weight is 510 g/mol. The van der Waals surface area contributed by atoms with Crippen LogP contribution in [0.25, 0.3) is 34.2 Å². The summed E-state index contributed by atoms with van der Waals surface area (Å²) in [6.07, 6.45) is 4.92. The van der Waals surface area contributed by atoms with Gasteiger partial charge in [0.15, 0.2) is 17.5 Å². The first kappa shape index (κ1) is 25.5.